The first-order valence-electron chi connectivity index (χ1n) is 6.43. The first kappa shape index (κ1) is 14.8. The van der Waals surface area contributed by atoms with Crippen LogP contribution in [0, 0.1) is 0 Å². The Bertz CT molecular complexity index is 288. The maximum Gasteiger partial charge on any atom is 0.328 e. The number of hydrogen-bond acceptors (Lipinski definition) is 3. The molecule has 0 aromatic rings. The van der Waals surface area contributed by atoms with Crippen molar-refractivity contribution in [2.75, 3.05) is 13.7 Å². The molecule has 1 saturated carbocycles. The molecule has 1 aliphatic carbocycles. The Morgan fingerprint density at radius 2 is 1.83 bits per heavy atom. The van der Waals surface area contributed by atoms with Crippen LogP contribution in [-0.2, 0) is 4.79 Å². The number of urea groups is 1. The van der Waals surface area contributed by atoms with Crippen molar-refractivity contribution in [1.29, 1.82) is 0 Å². The Morgan fingerprint density at radius 3 is 2.28 bits per heavy atom. The fourth-order valence-corrected chi connectivity index (χ4v) is 2.25. The lowest BCUT2D eigenvalue weighted by molar-refractivity contribution is -0.140. The van der Waals surface area contributed by atoms with Crippen molar-refractivity contribution in [2.45, 2.75) is 50.6 Å². The highest BCUT2D eigenvalue weighted by Crippen LogP contribution is 2.20. The molecule has 6 heteroatoms. The number of aliphatic carboxylic acids is 1. The first-order chi connectivity index (χ1) is 8.56. The molecule has 1 rings (SSSR count). The zero-order valence-electron chi connectivity index (χ0n) is 10.8. The minimum absolute atomic E-state index is 0.167. The van der Waals surface area contributed by atoms with Crippen molar-refractivity contribution in [1.82, 2.24) is 10.2 Å². The number of carbonyl (C=O) groups excluding carboxylic acids is 1. The lowest BCUT2D eigenvalue weighted by Crippen LogP contribution is -2.51. The molecule has 1 unspecified atom stereocenters. The molecule has 0 aliphatic heterocycles. The van der Waals surface area contributed by atoms with Crippen LogP contribution in [0.3, 0.4) is 0 Å². The molecular weight excluding hydrogens is 236 g/mol. The van der Waals surface area contributed by atoms with Gasteiger partial charge in [-0.3, -0.25) is 0 Å². The van der Waals surface area contributed by atoms with Crippen LogP contribution >= 0.6 is 0 Å². The average Bonchev–Trinajstić information content (AvgIpc) is 2.62. The van der Waals surface area contributed by atoms with Gasteiger partial charge in [-0.15, -0.1) is 0 Å². The molecule has 0 spiro atoms. The number of rotatable bonds is 4. The molecule has 1 aliphatic rings. The summed E-state index contributed by atoms with van der Waals surface area (Å²) < 4.78 is 0. The van der Waals surface area contributed by atoms with Crippen LogP contribution < -0.4 is 5.32 Å². The molecule has 0 heterocycles. The van der Waals surface area contributed by atoms with Crippen molar-refractivity contribution in [3.8, 4) is 0 Å². The zero-order chi connectivity index (χ0) is 13.5. The number of aliphatic hydroxyl groups is 1. The van der Waals surface area contributed by atoms with E-state index in [1.165, 1.54) is 12.8 Å². The van der Waals surface area contributed by atoms with E-state index in [4.69, 9.17) is 10.2 Å². The molecule has 3 N–H and O–H groups in total. The van der Waals surface area contributed by atoms with E-state index in [1.54, 1.807) is 11.9 Å². The van der Waals surface area contributed by atoms with Crippen molar-refractivity contribution >= 4 is 12.0 Å². The van der Waals surface area contributed by atoms with E-state index in [0.29, 0.717) is 0 Å². The van der Waals surface area contributed by atoms with Crippen LogP contribution in [0.15, 0.2) is 0 Å². The van der Waals surface area contributed by atoms with Crippen molar-refractivity contribution in [3.63, 3.8) is 0 Å². The van der Waals surface area contributed by atoms with Gasteiger partial charge in [-0.05, 0) is 12.8 Å². The van der Waals surface area contributed by atoms with Gasteiger partial charge in [0.15, 0.2) is 6.04 Å². The van der Waals surface area contributed by atoms with Crippen LogP contribution in [-0.4, -0.2) is 52.9 Å². The fraction of sp³-hybridized carbons (Fsp3) is 0.833. The van der Waals surface area contributed by atoms with Gasteiger partial charge in [0.2, 0.25) is 0 Å². The molecular formula is C12H22N2O4. The lowest BCUT2D eigenvalue weighted by Gasteiger charge is -2.28. The minimum Gasteiger partial charge on any atom is -0.480 e. The normalized spacial score (nSPS) is 18.8. The summed E-state index contributed by atoms with van der Waals surface area (Å²) in [6, 6.07) is -1.49. The number of amides is 2. The second-order valence-electron chi connectivity index (χ2n) is 4.78. The SMILES string of the molecule is CN(C(=O)NC(CO)C(=O)O)C1CCCCCC1. The molecule has 0 saturated heterocycles. The van der Waals surface area contributed by atoms with Crippen LogP contribution in [0.4, 0.5) is 4.79 Å². The Labute approximate surface area is 107 Å². The summed E-state index contributed by atoms with van der Waals surface area (Å²) in [5.74, 6) is -1.22. The van der Waals surface area contributed by atoms with E-state index < -0.39 is 24.6 Å². The topological polar surface area (TPSA) is 89.9 Å². The standard InChI is InChI=1S/C12H22N2O4/c1-14(9-6-4-2-3-5-7-9)12(18)13-10(8-15)11(16)17/h9-10,15H,2-8H2,1H3,(H,13,18)(H,16,17). The lowest BCUT2D eigenvalue weighted by atomic mass is 10.1. The minimum atomic E-state index is -1.23. The van der Waals surface area contributed by atoms with Gasteiger partial charge in [-0.25, -0.2) is 9.59 Å². The summed E-state index contributed by atoms with van der Waals surface area (Å²) in [5.41, 5.74) is 0. The molecule has 2 amide bonds. The molecule has 0 aromatic heterocycles. The van der Waals surface area contributed by atoms with Gasteiger partial charge in [-0.2, -0.15) is 0 Å². The molecule has 18 heavy (non-hydrogen) atoms. The number of carboxylic acids is 1. The van der Waals surface area contributed by atoms with Gasteiger partial charge < -0.3 is 20.4 Å². The van der Waals surface area contributed by atoms with Crippen molar-refractivity contribution < 1.29 is 19.8 Å². The molecule has 0 radical (unpaired) electrons. The molecule has 6 nitrogen and oxygen atoms in total. The molecule has 0 aromatic carbocycles. The predicted molar refractivity (Wildman–Crippen MR) is 66.3 cm³/mol. The summed E-state index contributed by atoms with van der Waals surface area (Å²) >= 11 is 0. The molecule has 104 valence electrons. The Morgan fingerprint density at radius 1 is 1.28 bits per heavy atom. The first-order valence-corrected chi connectivity index (χ1v) is 6.43. The number of carboxylic acid groups (broad SMARTS) is 1. The molecule has 1 fully saturated rings. The van der Waals surface area contributed by atoms with E-state index in [0.717, 1.165) is 25.7 Å². The number of carbonyl (C=O) groups is 2. The van der Waals surface area contributed by atoms with Crippen LogP contribution in [0.5, 0.6) is 0 Å². The van der Waals surface area contributed by atoms with Gasteiger partial charge in [0.25, 0.3) is 0 Å². The van der Waals surface area contributed by atoms with E-state index in [-0.39, 0.29) is 6.04 Å². The van der Waals surface area contributed by atoms with Crippen molar-refractivity contribution in [3.05, 3.63) is 0 Å². The van der Waals surface area contributed by atoms with Gasteiger partial charge >= 0.3 is 12.0 Å². The van der Waals surface area contributed by atoms with E-state index in [9.17, 15) is 9.59 Å². The maximum absolute atomic E-state index is 11.9. The van der Waals surface area contributed by atoms with Gasteiger partial charge in [0, 0.05) is 13.1 Å². The third-order valence-corrected chi connectivity index (χ3v) is 3.47. The summed E-state index contributed by atoms with van der Waals surface area (Å²) in [5, 5.41) is 20.0. The monoisotopic (exact) mass is 258 g/mol. The highest BCUT2D eigenvalue weighted by atomic mass is 16.4. The number of hydrogen-bond donors (Lipinski definition) is 3. The van der Waals surface area contributed by atoms with Crippen LogP contribution in [0.2, 0.25) is 0 Å². The third-order valence-electron chi connectivity index (χ3n) is 3.47. The Hall–Kier alpha value is -1.30. The summed E-state index contributed by atoms with van der Waals surface area (Å²) in [6.07, 6.45) is 6.51. The van der Waals surface area contributed by atoms with E-state index in [1.807, 2.05) is 0 Å². The van der Waals surface area contributed by atoms with Crippen molar-refractivity contribution in [2.24, 2.45) is 0 Å². The largest absolute Gasteiger partial charge is 0.480 e. The third kappa shape index (κ3) is 4.18. The zero-order valence-corrected chi connectivity index (χ0v) is 10.8. The smallest absolute Gasteiger partial charge is 0.328 e. The summed E-state index contributed by atoms with van der Waals surface area (Å²) in [4.78, 5) is 24.2. The summed E-state index contributed by atoms with van der Waals surface area (Å²) in [6.45, 7) is -0.598. The van der Waals surface area contributed by atoms with Gasteiger partial charge in [-0.1, -0.05) is 25.7 Å². The average molecular weight is 258 g/mol. The second kappa shape index (κ2) is 7.20. The predicted octanol–water partition coefficient (Wildman–Crippen LogP) is 0.796. The second-order valence-corrected chi connectivity index (χ2v) is 4.78. The summed E-state index contributed by atoms with van der Waals surface area (Å²) in [7, 11) is 1.68. The van der Waals surface area contributed by atoms with E-state index >= 15 is 0 Å². The highest BCUT2D eigenvalue weighted by molar-refractivity contribution is 5.82. The number of nitrogens with one attached hydrogen (secondary N) is 1. The maximum atomic E-state index is 11.9. The van der Waals surface area contributed by atoms with E-state index in [2.05, 4.69) is 5.32 Å². The quantitative estimate of drug-likeness (QED) is 0.650. The Kier molecular flexibility index (Phi) is 5.91. The Balaban J connectivity index is 2.51. The van der Waals surface area contributed by atoms with Crippen LogP contribution in [0.25, 0.3) is 0 Å². The van der Waals surface area contributed by atoms with Crippen LogP contribution in [0.1, 0.15) is 38.5 Å². The number of aliphatic hydroxyl groups excluding tert-OH is 1. The molecule has 0 bridgehead atoms. The highest BCUT2D eigenvalue weighted by Gasteiger charge is 2.25. The molecule has 1 atom stereocenters. The fourth-order valence-electron chi connectivity index (χ4n) is 2.25. The van der Waals surface area contributed by atoms with Gasteiger partial charge in [0.1, 0.15) is 0 Å². The number of nitrogens with zero attached hydrogens (tertiary/aromatic N) is 1. The van der Waals surface area contributed by atoms with Gasteiger partial charge in [0.05, 0.1) is 6.61 Å².